The van der Waals surface area contributed by atoms with Crippen molar-refractivity contribution in [3.63, 3.8) is 0 Å². The van der Waals surface area contributed by atoms with E-state index in [1.165, 1.54) is 5.56 Å². The Balaban J connectivity index is 1.70. The molecule has 0 saturated heterocycles. The summed E-state index contributed by atoms with van der Waals surface area (Å²) in [6, 6.07) is 16.1. The maximum Gasteiger partial charge on any atom is 0.244 e. The van der Waals surface area contributed by atoms with Gasteiger partial charge in [0.15, 0.2) is 0 Å². The number of carbonyl (C=O) groups excluding carboxylic acids is 1. The molecule has 2 aromatic carbocycles. The zero-order chi connectivity index (χ0) is 21.0. The summed E-state index contributed by atoms with van der Waals surface area (Å²) in [5.41, 5.74) is 10.1. The average Bonchev–Trinajstić information content (AvgIpc) is 2.97. The Morgan fingerprint density at radius 3 is 2.45 bits per heavy atom. The zero-order valence-corrected chi connectivity index (χ0v) is 17.6. The molecule has 1 amide bonds. The standard InChI is InChI=1S/C24H27N3O2/c1-16-6-7-20(17(2)12-16)14-24(28)26-25-15-21-13-18(3)27(19(21)4)22-8-10-23(29-5)11-9-22/h6-13,15H,14H2,1-5H3,(H,26,28)/b25-15+. The molecule has 0 bridgehead atoms. The van der Waals surface area contributed by atoms with Crippen molar-refractivity contribution in [1.82, 2.24) is 9.99 Å². The largest absolute Gasteiger partial charge is 0.497 e. The quantitative estimate of drug-likeness (QED) is 0.501. The van der Waals surface area contributed by atoms with Crippen LogP contribution >= 0.6 is 0 Å². The highest BCUT2D eigenvalue weighted by Crippen LogP contribution is 2.22. The van der Waals surface area contributed by atoms with Gasteiger partial charge in [-0.15, -0.1) is 0 Å². The molecule has 3 rings (SSSR count). The van der Waals surface area contributed by atoms with E-state index >= 15 is 0 Å². The molecule has 5 nitrogen and oxygen atoms in total. The van der Waals surface area contributed by atoms with Gasteiger partial charge in [0.1, 0.15) is 5.75 Å². The molecule has 0 unspecified atom stereocenters. The smallest absolute Gasteiger partial charge is 0.244 e. The van der Waals surface area contributed by atoms with Crippen molar-refractivity contribution < 1.29 is 9.53 Å². The van der Waals surface area contributed by atoms with Crippen LogP contribution in [0.1, 0.15) is 33.6 Å². The van der Waals surface area contributed by atoms with Gasteiger partial charge in [-0.3, -0.25) is 4.79 Å². The number of hydrogen-bond donors (Lipinski definition) is 1. The van der Waals surface area contributed by atoms with Crippen molar-refractivity contribution in [2.24, 2.45) is 5.10 Å². The first-order valence-corrected chi connectivity index (χ1v) is 9.60. The van der Waals surface area contributed by atoms with Crippen LogP contribution in [0.2, 0.25) is 0 Å². The molecule has 1 heterocycles. The Kier molecular flexibility index (Phi) is 6.17. The molecule has 1 aromatic heterocycles. The first-order chi connectivity index (χ1) is 13.9. The lowest BCUT2D eigenvalue weighted by Crippen LogP contribution is -2.20. The third-order valence-electron chi connectivity index (χ3n) is 5.04. The summed E-state index contributed by atoms with van der Waals surface area (Å²) in [5.74, 6) is 0.696. The van der Waals surface area contributed by atoms with Crippen molar-refractivity contribution >= 4 is 12.1 Å². The number of carbonyl (C=O) groups is 1. The van der Waals surface area contributed by atoms with E-state index in [0.717, 1.165) is 39.5 Å². The van der Waals surface area contributed by atoms with Crippen LogP contribution in [0.4, 0.5) is 0 Å². The third kappa shape index (κ3) is 4.74. The SMILES string of the molecule is COc1ccc(-n2c(C)cc(/C=N/NC(=O)Cc3ccc(C)cc3C)c2C)cc1. The van der Waals surface area contributed by atoms with Crippen LogP contribution < -0.4 is 10.2 Å². The second-order valence-electron chi connectivity index (χ2n) is 7.26. The molecule has 5 heteroatoms. The molecule has 29 heavy (non-hydrogen) atoms. The van der Waals surface area contributed by atoms with E-state index in [2.05, 4.69) is 27.2 Å². The van der Waals surface area contributed by atoms with Gasteiger partial charge in [-0.2, -0.15) is 5.10 Å². The van der Waals surface area contributed by atoms with Crippen LogP contribution in [0, 0.1) is 27.7 Å². The fraction of sp³-hybridized carbons (Fsp3) is 0.250. The normalized spacial score (nSPS) is 11.1. The molecule has 1 N–H and O–H groups in total. The highest BCUT2D eigenvalue weighted by molar-refractivity contribution is 5.85. The molecule has 0 saturated carbocycles. The summed E-state index contributed by atoms with van der Waals surface area (Å²) in [6.45, 7) is 8.15. The number of nitrogens with zero attached hydrogens (tertiary/aromatic N) is 2. The average molecular weight is 389 g/mol. The molecule has 0 fully saturated rings. The van der Waals surface area contributed by atoms with Crippen molar-refractivity contribution in [2.75, 3.05) is 7.11 Å². The Labute approximate surface area is 172 Å². The molecule has 0 aliphatic carbocycles. The summed E-state index contributed by atoms with van der Waals surface area (Å²) < 4.78 is 7.38. The Bertz CT molecular complexity index is 1050. The van der Waals surface area contributed by atoms with Crippen molar-refractivity contribution in [2.45, 2.75) is 34.1 Å². The number of hydrazone groups is 1. The molecule has 0 spiro atoms. The van der Waals surface area contributed by atoms with Gasteiger partial charge in [0.25, 0.3) is 0 Å². The third-order valence-corrected chi connectivity index (χ3v) is 5.04. The monoisotopic (exact) mass is 389 g/mol. The number of benzene rings is 2. The topological polar surface area (TPSA) is 55.6 Å². The minimum absolute atomic E-state index is 0.128. The van der Waals surface area contributed by atoms with Crippen LogP contribution in [0.15, 0.2) is 53.6 Å². The van der Waals surface area contributed by atoms with E-state index in [0.29, 0.717) is 6.42 Å². The van der Waals surface area contributed by atoms with Crippen LogP contribution in [-0.2, 0) is 11.2 Å². The number of aromatic nitrogens is 1. The lowest BCUT2D eigenvalue weighted by Gasteiger charge is -2.10. The van der Waals surface area contributed by atoms with E-state index < -0.39 is 0 Å². The van der Waals surface area contributed by atoms with Crippen LogP contribution in [0.5, 0.6) is 5.75 Å². The van der Waals surface area contributed by atoms with Crippen LogP contribution in [-0.4, -0.2) is 23.8 Å². The minimum atomic E-state index is -0.128. The number of ether oxygens (including phenoxy) is 1. The number of aryl methyl sites for hydroxylation is 3. The summed E-state index contributed by atoms with van der Waals surface area (Å²) >= 11 is 0. The van der Waals surface area contributed by atoms with Crippen molar-refractivity contribution in [3.8, 4) is 11.4 Å². The van der Waals surface area contributed by atoms with E-state index in [9.17, 15) is 4.79 Å². The van der Waals surface area contributed by atoms with Crippen LogP contribution in [0.25, 0.3) is 5.69 Å². The van der Waals surface area contributed by atoms with Gasteiger partial charge in [0, 0.05) is 22.6 Å². The number of methoxy groups -OCH3 is 1. The number of nitrogens with one attached hydrogen (secondary N) is 1. The highest BCUT2D eigenvalue weighted by atomic mass is 16.5. The summed E-state index contributed by atoms with van der Waals surface area (Å²) in [5, 5.41) is 4.16. The predicted molar refractivity (Wildman–Crippen MR) is 117 cm³/mol. The molecule has 3 aromatic rings. The molecule has 0 aliphatic rings. The first-order valence-electron chi connectivity index (χ1n) is 9.60. The van der Waals surface area contributed by atoms with Gasteiger partial charge in [-0.1, -0.05) is 23.8 Å². The van der Waals surface area contributed by atoms with Gasteiger partial charge < -0.3 is 9.30 Å². The lowest BCUT2D eigenvalue weighted by molar-refractivity contribution is -0.120. The summed E-state index contributed by atoms with van der Waals surface area (Å²) in [6.07, 6.45) is 2.01. The van der Waals surface area contributed by atoms with E-state index in [-0.39, 0.29) is 5.91 Å². The molecular formula is C24H27N3O2. The fourth-order valence-electron chi connectivity index (χ4n) is 3.48. The van der Waals surface area contributed by atoms with E-state index in [1.807, 2.05) is 64.1 Å². The number of hydrogen-bond acceptors (Lipinski definition) is 3. The minimum Gasteiger partial charge on any atom is -0.497 e. The second kappa shape index (κ2) is 8.78. The zero-order valence-electron chi connectivity index (χ0n) is 17.6. The van der Waals surface area contributed by atoms with Gasteiger partial charge in [-0.25, -0.2) is 5.43 Å². The molecule has 150 valence electrons. The Morgan fingerprint density at radius 2 is 1.79 bits per heavy atom. The predicted octanol–water partition coefficient (Wildman–Crippen LogP) is 4.41. The summed E-state index contributed by atoms with van der Waals surface area (Å²) in [7, 11) is 1.66. The fourth-order valence-corrected chi connectivity index (χ4v) is 3.48. The molecular weight excluding hydrogens is 362 g/mol. The number of rotatable bonds is 6. The van der Waals surface area contributed by atoms with Crippen molar-refractivity contribution in [3.05, 3.63) is 82.2 Å². The summed E-state index contributed by atoms with van der Waals surface area (Å²) in [4.78, 5) is 12.2. The molecule has 0 atom stereocenters. The van der Waals surface area contributed by atoms with Gasteiger partial charge in [0.05, 0.1) is 19.7 Å². The second-order valence-corrected chi connectivity index (χ2v) is 7.26. The van der Waals surface area contributed by atoms with Gasteiger partial charge in [-0.05, 0) is 69.2 Å². The van der Waals surface area contributed by atoms with Crippen molar-refractivity contribution in [1.29, 1.82) is 0 Å². The number of amides is 1. The first kappa shape index (κ1) is 20.4. The highest BCUT2D eigenvalue weighted by Gasteiger charge is 2.10. The van der Waals surface area contributed by atoms with Crippen LogP contribution in [0.3, 0.4) is 0 Å². The Morgan fingerprint density at radius 1 is 1.07 bits per heavy atom. The van der Waals surface area contributed by atoms with E-state index in [1.54, 1.807) is 13.3 Å². The van der Waals surface area contributed by atoms with E-state index in [4.69, 9.17) is 4.74 Å². The maximum atomic E-state index is 12.2. The maximum absolute atomic E-state index is 12.2. The van der Waals surface area contributed by atoms with Gasteiger partial charge >= 0.3 is 0 Å². The molecule has 0 aliphatic heterocycles. The van der Waals surface area contributed by atoms with Gasteiger partial charge in [0.2, 0.25) is 5.91 Å². The Hall–Kier alpha value is -3.34. The lowest BCUT2D eigenvalue weighted by atomic mass is 10.0. The molecule has 0 radical (unpaired) electrons.